The van der Waals surface area contributed by atoms with Gasteiger partial charge in [0.25, 0.3) is 0 Å². The van der Waals surface area contributed by atoms with Crippen LogP contribution in [-0.4, -0.2) is 47.9 Å². The number of H-pyrrole nitrogens is 1. The lowest BCUT2D eigenvalue weighted by molar-refractivity contribution is 0.0204. The largest absolute Gasteiger partial charge is 0.486 e. The van der Waals surface area contributed by atoms with E-state index in [0.717, 1.165) is 48.7 Å². The van der Waals surface area contributed by atoms with Crippen LogP contribution in [0.4, 0.5) is 4.79 Å². The van der Waals surface area contributed by atoms with Crippen molar-refractivity contribution in [1.29, 1.82) is 0 Å². The molecule has 0 aliphatic carbocycles. The number of aromatic amines is 1. The van der Waals surface area contributed by atoms with Gasteiger partial charge in [0.2, 0.25) is 0 Å². The van der Waals surface area contributed by atoms with Crippen LogP contribution in [0.5, 0.6) is 11.5 Å². The van der Waals surface area contributed by atoms with Gasteiger partial charge in [-0.25, -0.2) is 4.79 Å². The van der Waals surface area contributed by atoms with Gasteiger partial charge >= 0.3 is 6.09 Å². The number of hydrogen-bond acceptors (Lipinski definition) is 4. The molecule has 6 heteroatoms. The molecule has 0 saturated carbocycles. The van der Waals surface area contributed by atoms with Gasteiger partial charge < -0.3 is 24.1 Å². The average Bonchev–Trinajstić information content (AvgIpc) is 3.16. The van der Waals surface area contributed by atoms with E-state index in [1.807, 2.05) is 43.9 Å². The lowest BCUT2D eigenvalue weighted by Gasteiger charge is -2.33. The highest BCUT2D eigenvalue weighted by Crippen LogP contribution is 2.35. The van der Waals surface area contributed by atoms with E-state index in [2.05, 4.69) is 17.1 Å². The number of rotatable bonds is 2. The number of nitrogens with one attached hydrogen (secondary N) is 1. The predicted octanol–water partition coefficient (Wildman–Crippen LogP) is 4.57. The number of amides is 1. The summed E-state index contributed by atoms with van der Waals surface area (Å²) in [5, 5.41) is 0. The summed E-state index contributed by atoms with van der Waals surface area (Å²) in [5.41, 5.74) is 2.92. The van der Waals surface area contributed by atoms with Crippen molar-refractivity contribution in [3.05, 3.63) is 36.0 Å². The number of aromatic nitrogens is 1. The van der Waals surface area contributed by atoms with Crippen molar-refractivity contribution >= 4 is 6.09 Å². The van der Waals surface area contributed by atoms with E-state index in [4.69, 9.17) is 14.2 Å². The molecule has 0 atom stereocenters. The van der Waals surface area contributed by atoms with Gasteiger partial charge in [-0.3, -0.25) is 0 Å². The molecule has 1 saturated heterocycles. The van der Waals surface area contributed by atoms with Crippen molar-refractivity contribution in [3.63, 3.8) is 0 Å². The Morgan fingerprint density at radius 1 is 1.07 bits per heavy atom. The third-order valence-electron chi connectivity index (χ3n) is 5.15. The van der Waals surface area contributed by atoms with Crippen molar-refractivity contribution in [1.82, 2.24) is 9.88 Å². The van der Waals surface area contributed by atoms with Gasteiger partial charge in [-0.05, 0) is 63.9 Å². The average molecular weight is 384 g/mol. The van der Waals surface area contributed by atoms with Crippen LogP contribution in [0.3, 0.4) is 0 Å². The highest BCUT2D eigenvalue weighted by Gasteiger charge is 2.28. The number of carbonyl (C=O) groups is 1. The quantitative estimate of drug-likeness (QED) is 0.824. The van der Waals surface area contributed by atoms with Crippen molar-refractivity contribution in [2.45, 2.75) is 45.1 Å². The Labute approximate surface area is 165 Å². The predicted molar refractivity (Wildman–Crippen MR) is 107 cm³/mol. The van der Waals surface area contributed by atoms with E-state index in [0.29, 0.717) is 19.1 Å². The monoisotopic (exact) mass is 384 g/mol. The Morgan fingerprint density at radius 2 is 1.79 bits per heavy atom. The molecule has 2 aliphatic heterocycles. The minimum atomic E-state index is -0.452. The van der Waals surface area contributed by atoms with E-state index < -0.39 is 5.60 Å². The molecule has 0 unspecified atom stereocenters. The highest BCUT2D eigenvalue weighted by atomic mass is 16.6. The van der Waals surface area contributed by atoms with E-state index in [1.165, 1.54) is 5.69 Å². The molecule has 3 heterocycles. The molecule has 28 heavy (non-hydrogen) atoms. The van der Waals surface area contributed by atoms with Gasteiger partial charge in [-0.1, -0.05) is 0 Å². The zero-order valence-corrected chi connectivity index (χ0v) is 16.8. The first-order valence-electron chi connectivity index (χ1n) is 9.96. The summed E-state index contributed by atoms with van der Waals surface area (Å²) in [6, 6.07) is 10.3. The molecule has 1 fully saturated rings. The number of benzene rings is 1. The summed E-state index contributed by atoms with van der Waals surface area (Å²) in [6.07, 6.45) is 1.65. The van der Waals surface area contributed by atoms with Crippen molar-refractivity contribution in [2.24, 2.45) is 0 Å². The van der Waals surface area contributed by atoms with Crippen LogP contribution in [0.25, 0.3) is 11.3 Å². The molecule has 1 aromatic carbocycles. The smallest absolute Gasteiger partial charge is 0.410 e. The minimum absolute atomic E-state index is 0.214. The lowest BCUT2D eigenvalue weighted by atomic mass is 9.94. The second-order valence-corrected chi connectivity index (χ2v) is 8.43. The summed E-state index contributed by atoms with van der Waals surface area (Å²) in [6.45, 7) is 8.32. The van der Waals surface area contributed by atoms with Crippen LogP contribution in [0, 0.1) is 0 Å². The van der Waals surface area contributed by atoms with Crippen LogP contribution in [0.2, 0.25) is 0 Å². The number of carbonyl (C=O) groups excluding carboxylic acids is 1. The third-order valence-corrected chi connectivity index (χ3v) is 5.15. The molecule has 1 aromatic heterocycles. The Balaban J connectivity index is 1.40. The Hall–Kier alpha value is -2.63. The molecule has 0 bridgehead atoms. The Morgan fingerprint density at radius 3 is 2.50 bits per heavy atom. The van der Waals surface area contributed by atoms with Crippen molar-refractivity contribution in [3.8, 4) is 22.8 Å². The number of likely N-dealkylation sites (tertiary alicyclic amines) is 1. The number of fused-ring (bicyclic) bond motifs is 1. The van der Waals surface area contributed by atoms with E-state index in [1.54, 1.807) is 0 Å². The molecule has 150 valence electrons. The van der Waals surface area contributed by atoms with Gasteiger partial charge in [0, 0.05) is 36.0 Å². The first-order chi connectivity index (χ1) is 13.4. The summed E-state index contributed by atoms with van der Waals surface area (Å²) < 4.78 is 16.8. The van der Waals surface area contributed by atoms with Gasteiger partial charge in [-0.15, -0.1) is 0 Å². The lowest BCUT2D eigenvalue weighted by Crippen LogP contribution is -2.41. The molecule has 6 nitrogen and oxygen atoms in total. The number of hydrogen-bond donors (Lipinski definition) is 1. The second-order valence-electron chi connectivity index (χ2n) is 8.43. The van der Waals surface area contributed by atoms with Gasteiger partial charge in [-0.2, -0.15) is 0 Å². The maximum absolute atomic E-state index is 12.2. The first-order valence-corrected chi connectivity index (χ1v) is 9.96. The van der Waals surface area contributed by atoms with Crippen LogP contribution in [-0.2, 0) is 4.74 Å². The maximum atomic E-state index is 12.2. The zero-order valence-electron chi connectivity index (χ0n) is 16.8. The second kappa shape index (κ2) is 7.41. The van der Waals surface area contributed by atoms with Crippen LogP contribution >= 0.6 is 0 Å². The topological polar surface area (TPSA) is 63.8 Å². The van der Waals surface area contributed by atoms with E-state index in [-0.39, 0.29) is 6.09 Å². The molecular formula is C22H28N2O4. The third kappa shape index (κ3) is 4.11. The number of nitrogens with zero attached hydrogens (tertiary/aromatic N) is 1. The molecule has 2 aromatic rings. The van der Waals surface area contributed by atoms with Crippen LogP contribution < -0.4 is 9.47 Å². The van der Waals surface area contributed by atoms with Gasteiger partial charge in [0.15, 0.2) is 11.5 Å². The standard InChI is InChI=1S/C22H28N2O4/c1-22(2,3)28-21(25)24-10-8-15(9-11-24)17-5-6-18(23-17)16-4-7-19-20(14-16)27-13-12-26-19/h4-7,14-15,23H,8-13H2,1-3H3. The number of ether oxygens (including phenoxy) is 3. The molecular weight excluding hydrogens is 356 g/mol. The maximum Gasteiger partial charge on any atom is 0.410 e. The van der Waals surface area contributed by atoms with Gasteiger partial charge in [0.1, 0.15) is 18.8 Å². The fourth-order valence-corrected chi connectivity index (χ4v) is 3.73. The normalized spacial score (nSPS) is 17.5. The molecule has 4 rings (SSSR count). The molecule has 0 radical (unpaired) electrons. The molecule has 0 spiro atoms. The molecule has 1 N–H and O–H groups in total. The zero-order chi connectivity index (χ0) is 19.7. The molecule has 2 aliphatic rings. The van der Waals surface area contributed by atoms with Crippen LogP contribution in [0.1, 0.15) is 45.2 Å². The van der Waals surface area contributed by atoms with E-state index >= 15 is 0 Å². The Kier molecular flexibility index (Phi) is 4.96. The number of piperidine rings is 1. The SMILES string of the molecule is CC(C)(C)OC(=O)N1CCC(c2ccc(-c3ccc4c(c3)OCCO4)[nH]2)CC1. The fourth-order valence-electron chi connectivity index (χ4n) is 3.73. The van der Waals surface area contributed by atoms with Gasteiger partial charge in [0.05, 0.1) is 0 Å². The van der Waals surface area contributed by atoms with E-state index in [9.17, 15) is 4.79 Å². The first kappa shape index (κ1) is 18.7. The van der Waals surface area contributed by atoms with Crippen molar-refractivity contribution < 1.29 is 19.0 Å². The summed E-state index contributed by atoms with van der Waals surface area (Å²) >= 11 is 0. The van der Waals surface area contributed by atoms with Crippen LogP contribution in [0.15, 0.2) is 30.3 Å². The summed E-state index contributed by atoms with van der Waals surface area (Å²) in [4.78, 5) is 17.6. The highest BCUT2D eigenvalue weighted by molar-refractivity contribution is 5.68. The summed E-state index contributed by atoms with van der Waals surface area (Å²) in [7, 11) is 0. The van der Waals surface area contributed by atoms with Crippen molar-refractivity contribution in [2.75, 3.05) is 26.3 Å². The molecule has 1 amide bonds. The fraction of sp³-hybridized carbons (Fsp3) is 0.500. The summed E-state index contributed by atoms with van der Waals surface area (Å²) in [5.74, 6) is 2.02. The Bertz CT molecular complexity index is 844. The minimum Gasteiger partial charge on any atom is -0.486 e.